The Morgan fingerprint density at radius 1 is 0.909 bits per heavy atom. The molecule has 0 aliphatic heterocycles. The van der Waals surface area contributed by atoms with E-state index in [1.165, 1.54) is 11.1 Å². The van der Waals surface area contributed by atoms with E-state index in [0.29, 0.717) is 0 Å². The van der Waals surface area contributed by atoms with E-state index in [0.717, 1.165) is 0 Å². The summed E-state index contributed by atoms with van der Waals surface area (Å²) < 4.78 is 0. The van der Waals surface area contributed by atoms with Crippen molar-refractivity contribution in [2.24, 2.45) is 0 Å². The van der Waals surface area contributed by atoms with Gasteiger partial charge in [-0.05, 0) is 12.1 Å². The van der Waals surface area contributed by atoms with Gasteiger partial charge in [-0.1, -0.05) is 29.3 Å². The van der Waals surface area contributed by atoms with Gasteiger partial charge in [-0.3, -0.25) is 4.98 Å². The molecule has 1 aromatic rings. The molecule has 0 spiro atoms. The summed E-state index contributed by atoms with van der Waals surface area (Å²) in [5.41, 5.74) is 2.48. The van der Waals surface area contributed by atoms with Crippen LogP contribution in [0, 0.1) is 0 Å². The van der Waals surface area contributed by atoms with Crippen molar-refractivity contribution in [3.63, 3.8) is 0 Å². The SMILES string of the molecule is Cl/C=C/Cl.[Pt].c1ccncc1. The van der Waals surface area contributed by atoms with Crippen LogP contribution in [0.2, 0.25) is 0 Å². The first-order valence-electron chi connectivity index (χ1n) is 2.62. The molecule has 0 aromatic carbocycles. The number of halogens is 2. The van der Waals surface area contributed by atoms with Gasteiger partial charge >= 0.3 is 0 Å². The van der Waals surface area contributed by atoms with E-state index in [1.807, 2.05) is 18.2 Å². The van der Waals surface area contributed by atoms with Crippen LogP contribution >= 0.6 is 23.2 Å². The second-order valence-corrected chi connectivity index (χ2v) is 1.78. The van der Waals surface area contributed by atoms with Gasteiger partial charge in [-0.2, -0.15) is 0 Å². The summed E-state index contributed by atoms with van der Waals surface area (Å²) in [6.45, 7) is 0. The molecule has 1 heterocycles. The average Bonchev–Trinajstić information content (AvgIpc) is 2.08. The van der Waals surface area contributed by atoms with Crippen molar-refractivity contribution in [2.45, 2.75) is 0 Å². The third-order valence-corrected chi connectivity index (χ3v) is 0.995. The minimum absolute atomic E-state index is 0. The first kappa shape index (κ1) is 13.7. The van der Waals surface area contributed by atoms with E-state index in [2.05, 4.69) is 4.98 Å². The summed E-state index contributed by atoms with van der Waals surface area (Å²) in [6, 6.07) is 5.72. The number of pyridine rings is 1. The summed E-state index contributed by atoms with van der Waals surface area (Å²) in [5.74, 6) is 0. The molecule has 0 amide bonds. The summed E-state index contributed by atoms with van der Waals surface area (Å²) in [5, 5.41) is 0. The molecular weight excluding hydrogens is 364 g/mol. The largest absolute Gasteiger partial charge is 0.265 e. The quantitative estimate of drug-likeness (QED) is 0.684. The number of nitrogens with zero attached hydrogens (tertiary/aromatic N) is 1. The van der Waals surface area contributed by atoms with Crippen LogP contribution in [-0.2, 0) is 21.1 Å². The minimum atomic E-state index is 0. The van der Waals surface area contributed by atoms with Crippen molar-refractivity contribution in [1.82, 2.24) is 4.98 Å². The predicted molar refractivity (Wildman–Crippen MR) is 45.1 cm³/mol. The first-order chi connectivity index (χ1) is 4.91. The van der Waals surface area contributed by atoms with Crippen molar-refractivity contribution < 1.29 is 21.1 Å². The van der Waals surface area contributed by atoms with Crippen LogP contribution in [0.3, 0.4) is 0 Å². The average molecular weight is 371 g/mol. The van der Waals surface area contributed by atoms with E-state index >= 15 is 0 Å². The van der Waals surface area contributed by atoms with Gasteiger partial charge in [0.05, 0.1) is 0 Å². The van der Waals surface area contributed by atoms with E-state index < -0.39 is 0 Å². The number of aromatic nitrogens is 1. The molecule has 1 rings (SSSR count). The van der Waals surface area contributed by atoms with Crippen molar-refractivity contribution in [3.05, 3.63) is 41.7 Å². The molecule has 0 aliphatic carbocycles. The van der Waals surface area contributed by atoms with Crippen LogP contribution in [0.4, 0.5) is 0 Å². The van der Waals surface area contributed by atoms with Crippen molar-refractivity contribution >= 4 is 23.2 Å². The maximum atomic E-state index is 4.87. The summed E-state index contributed by atoms with van der Waals surface area (Å²) in [4.78, 5) is 3.78. The molecule has 11 heavy (non-hydrogen) atoms. The second kappa shape index (κ2) is 12.8. The smallest absolute Gasteiger partial charge is 0.0267 e. The molecule has 0 saturated heterocycles. The Morgan fingerprint density at radius 2 is 1.36 bits per heavy atom. The maximum Gasteiger partial charge on any atom is 0.0267 e. The van der Waals surface area contributed by atoms with Crippen molar-refractivity contribution in [3.8, 4) is 0 Å². The van der Waals surface area contributed by atoms with Crippen LogP contribution in [0.5, 0.6) is 0 Å². The van der Waals surface area contributed by atoms with Gasteiger partial charge in [0.2, 0.25) is 0 Å². The Morgan fingerprint density at radius 3 is 1.45 bits per heavy atom. The molecule has 0 bridgehead atoms. The number of hydrogen-bond donors (Lipinski definition) is 0. The van der Waals surface area contributed by atoms with E-state index in [1.54, 1.807) is 12.4 Å². The summed E-state index contributed by atoms with van der Waals surface area (Å²) in [7, 11) is 0. The zero-order valence-electron chi connectivity index (χ0n) is 5.56. The van der Waals surface area contributed by atoms with Crippen molar-refractivity contribution in [1.29, 1.82) is 0 Å². The van der Waals surface area contributed by atoms with Crippen LogP contribution in [0.15, 0.2) is 41.7 Å². The van der Waals surface area contributed by atoms with Gasteiger partial charge in [-0.25, -0.2) is 0 Å². The zero-order valence-corrected chi connectivity index (χ0v) is 9.34. The van der Waals surface area contributed by atoms with Gasteiger partial charge in [-0.15, -0.1) is 0 Å². The molecule has 0 unspecified atom stereocenters. The third kappa shape index (κ3) is 13.2. The molecule has 1 aromatic heterocycles. The zero-order chi connectivity index (χ0) is 7.66. The van der Waals surface area contributed by atoms with E-state index in [-0.39, 0.29) is 21.1 Å². The first-order valence-corrected chi connectivity index (χ1v) is 3.49. The fourth-order valence-corrected chi connectivity index (χ4v) is 0.313. The topological polar surface area (TPSA) is 12.9 Å². The van der Waals surface area contributed by atoms with Crippen LogP contribution in [-0.4, -0.2) is 4.98 Å². The van der Waals surface area contributed by atoms with E-state index in [4.69, 9.17) is 23.2 Å². The Balaban J connectivity index is 0. The standard InChI is InChI=1S/C5H5N.C2H2Cl2.Pt/c1-2-4-6-5-3-1;3-1-2-4;/h1-5H;1-2H;/b;2-1+;. The Bertz CT molecular complexity index is 137. The van der Waals surface area contributed by atoms with E-state index in [9.17, 15) is 0 Å². The van der Waals surface area contributed by atoms with Crippen LogP contribution in [0.25, 0.3) is 0 Å². The third-order valence-electron chi connectivity index (χ3n) is 0.614. The minimum Gasteiger partial charge on any atom is -0.265 e. The molecule has 0 N–H and O–H groups in total. The second-order valence-electron chi connectivity index (χ2n) is 1.28. The normalized spacial score (nSPS) is 7.82. The molecule has 0 radical (unpaired) electrons. The van der Waals surface area contributed by atoms with Gasteiger partial charge in [0.25, 0.3) is 0 Å². The Labute approximate surface area is 90.7 Å². The van der Waals surface area contributed by atoms with Gasteiger partial charge in [0.1, 0.15) is 0 Å². The number of hydrogen-bond acceptors (Lipinski definition) is 1. The molecule has 64 valence electrons. The molecule has 0 atom stereocenters. The molecule has 0 aliphatic rings. The fraction of sp³-hybridized carbons (Fsp3) is 0. The molecule has 0 fully saturated rings. The molecule has 4 heteroatoms. The maximum absolute atomic E-state index is 4.87. The Hall–Kier alpha value is 0.158. The van der Waals surface area contributed by atoms with Crippen LogP contribution in [0.1, 0.15) is 0 Å². The summed E-state index contributed by atoms with van der Waals surface area (Å²) in [6.07, 6.45) is 3.50. The molecular formula is C7H7Cl2NPt. The van der Waals surface area contributed by atoms with Crippen molar-refractivity contribution in [2.75, 3.05) is 0 Å². The fourth-order valence-electron chi connectivity index (χ4n) is 0.313. The van der Waals surface area contributed by atoms with Gasteiger partial charge in [0, 0.05) is 44.5 Å². The van der Waals surface area contributed by atoms with Gasteiger partial charge < -0.3 is 0 Å². The molecule has 1 nitrogen and oxygen atoms in total. The Kier molecular flexibility index (Phi) is 16.0. The van der Waals surface area contributed by atoms with Gasteiger partial charge in [0.15, 0.2) is 0 Å². The van der Waals surface area contributed by atoms with Crippen LogP contribution < -0.4 is 0 Å². The number of rotatable bonds is 0. The predicted octanol–water partition coefficient (Wildman–Crippen LogP) is 3.01. The monoisotopic (exact) mass is 370 g/mol. The summed E-state index contributed by atoms with van der Waals surface area (Å²) >= 11 is 9.75. The molecule has 0 saturated carbocycles.